The summed E-state index contributed by atoms with van der Waals surface area (Å²) >= 11 is 0. The van der Waals surface area contributed by atoms with Crippen LogP contribution in [0.4, 0.5) is 11.4 Å². The minimum atomic E-state index is -0.722. The number of nitro benzene ring substituents is 1. The first-order valence-corrected chi connectivity index (χ1v) is 5.61. The molecular formula is C11H10N4O5. The van der Waals surface area contributed by atoms with Crippen molar-refractivity contribution in [2.45, 2.75) is 12.8 Å². The van der Waals surface area contributed by atoms with Crippen LogP contribution in [-0.2, 0) is 9.59 Å². The molecule has 9 heteroatoms. The SMILES string of the molecule is O=C1CCC(C(=O)Nc2ccc(O)cc2[N+](=O)[O-])=NN1. The van der Waals surface area contributed by atoms with E-state index in [1.54, 1.807) is 0 Å². The molecule has 0 spiro atoms. The average Bonchev–Trinajstić information content (AvgIpc) is 2.41. The third-order valence-corrected chi connectivity index (χ3v) is 2.59. The van der Waals surface area contributed by atoms with Gasteiger partial charge in [-0.2, -0.15) is 5.10 Å². The van der Waals surface area contributed by atoms with Gasteiger partial charge in [-0.15, -0.1) is 0 Å². The topological polar surface area (TPSA) is 134 Å². The molecule has 3 N–H and O–H groups in total. The van der Waals surface area contributed by atoms with Gasteiger partial charge in [0.15, 0.2) is 0 Å². The summed E-state index contributed by atoms with van der Waals surface area (Å²) in [6, 6.07) is 3.36. The number of amides is 2. The van der Waals surface area contributed by atoms with Gasteiger partial charge in [-0.25, -0.2) is 5.43 Å². The molecule has 104 valence electrons. The fourth-order valence-corrected chi connectivity index (χ4v) is 1.61. The maximum Gasteiger partial charge on any atom is 0.296 e. The van der Waals surface area contributed by atoms with Gasteiger partial charge in [-0.05, 0) is 12.1 Å². The standard InChI is InChI=1S/C11H10N4O5/c16-6-1-2-7(9(5-6)15(19)20)12-11(18)8-3-4-10(17)14-13-8/h1-2,5,16H,3-4H2,(H,12,18)(H,14,17). The molecule has 9 nitrogen and oxygen atoms in total. The van der Waals surface area contributed by atoms with Crippen molar-refractivity contribution in [3.63, 3.8) is 0 Å². The molecule has 1 aliphatic heterocycles. The van der Waals surface area contributed by atoms with Crippen molar-refractivity contribution in [2.24, 2.45) is 5.10 Å². The van der Waals surface area contributed by atoms with Crippen LogP contribution in [0.1, 0.15) is 12.8 Å². The fraction of sp³-hybridized carbons (Fsp3) is 0.182. The predicted octanol–water partition coefficient (Wildman–Crippen LogP) is 0.505. The summed E-state index contributed by atoms with van der Waals surface area (Å²) in [5, 5.41) is 26.0. The second kappa shape index (κ2) is 5.34. The monoisotopic (exact) mass is 278 g/mol. The van der Waals surface area contributed by atoms with Crippen molar-refractivity contribution < 1.29 is 19.6 Å². The number of benzene rings is 1. The predicted molar refractivity (Wildman–Crippen MR) is 68.2 cm³/mol. The third kappa shape index (κ3) is 2.88. The number of hydrazone groups is 1. The minimum absolute atomic E-state index is 0.0580. The first kappa shape index (κ1) is 13.5. The van der Waals surface area contributed by atoms with Crippen molar-refractivity contribution >= 4 is 28.9 Å². The molecule has 1 aliphatic rings. The molecule has 0 saturated carbocycles. The second-order valence-electron chi connectivity index (χ2n) is 4.01. The molecule has 0 fully saturated rings. The molecule has 0 saturated heterocycles. The number of carbonyl (C=O) groups excluding carboxylic acids is 2. The zero-order valence-corrected chi connectivity index (χ0v) is 10.1. The van der Waals surface area contributed by atoms with Gasteiger partial charge in [0.05, 0.1) is 11.0 Å². The smallest absolute Gasteiger partial charge is 0.296 e. The summed E-state index contributed by atoms with van der Waals surface area (Å²) in [5.74, 6) is -1.21. The molecular weight excluding hydrogens is 268 g/mol. The second-order valence-corrected chi connectivity index (χ2v) is 4.01. The lowest BCUT2D eigenvalue weighted by atomic mass is 10.1. The van der Waals surface area contributed by atoms with Gasteiger partial charge in [-0.1, -0.05) is 0 Å². The summed E-state index contributed by atoms with van der Waals surface area (Å²) in [4.78, 5) is 32.9. The zero-order chi connectivity index (χ0) is 14.7. The Kier molecular flexibility index (Phi) is 3.60. The molecule has 20 heavy (non-hydrogen) atoms. The lowest BCUT2D eigenvalue weighted by molar-refractivity contribution is -0.384. The number of nitrogens with zero attached hydrogens (tertiary/aromatic N) is 2. The van der Waals surface area contributed by atoms with E-state index in [9.17, 15) is 24.8 Å². The van der Waals surface area contributed by atoms with Crippen LogP contribution < -0.4 is 10.7 Å². The summed E-state index contributed by atoms with van der Waals surface area (Å²) in [7, 11) is 0. The Labute approximate surface area is 112 Å². The highest BCUT2D eigenvalue weighted by atomic mass is 16.6. The van der Waals surface area contributed by atoms with E-state index >= 15 is 0 Å². The van der Waals surface area contributed by atoms with E-state index in [0.717, 1.165) is 6.07 Å². The summed E-state index contributed by atoms with van der Waals surface area (Å²) < 4.78 is 0. The van der Waals surface area contributed by atoms with E-state index in [4.69, 9.17) is 0 Å². The maximum atomic E-state index is 11.9. The Morgan fingerprint density at radius 1 is 1.45 bits per heavy atom. The van der Waals surface area contributed by atoms with E-state index in [-0.39, 0.29) is 35.9 Å². The number of rotatable bonds is 3. The van der Waals surface area contributed by atoms with Crippen LogP contribution in [0, 0.1) is 10.1 Å². The molecule has 0 aliphatic carbocycles. The van der Waals surface area contributed by atoms with Crippen LogP contribution in [0.3, 0.4) is 0 Å². The van der Waals surface area contributed by atoms with E-state index < -0.39 is 16.5 Å². The summed E-state index contributed by atoms with van der Waals surface area (Å²) in [6.07, 6.45) is 0.285. The molecule has 0 aromatic heterocycles. The van der Waals surface area contributed by atoms with E-state index in [1.165, 1.54) is 12.1 Å². The Balaban J connectivity index is 2.20. The molecule has 0 bridgehead atoms. The first-order valence-electron chi connectivity index (χ1n) is 5.61. The Morgan fingerprint density at radius 3 is 2.80 bits per heavy atom. The number of hydrogen-bond donors (Lipinski definition) is 3. The van der Waals surface area contributed by atoms with E-state index in [1.807, 2.05) is 0 Å². The number of nitrogens with one attached hydrogen (secondary N) is 2. The molecule has 2 amide bonds. The van der Waals surface area contributed by atoms with E-state index in [0.29, 0.717) is 0 Å². The highest BCUT2D eigenvalue weighted by molar-refractivity contribution is 6.43. The number of phenols is 1. The van der Waals surface area contributed by atoms with Gasteiger partial charge < -0.3 is 10.4 Å². The fourth-order valence-electron chi connectivity index (χ4n) is 1.61. The lowest BCUT2D eigenvalue weighted by Gasteiger charge is -2.12. The van der Waals surface area contributed by atoms with Crippen molar-refractivity contribution in [3.8, 4) is 5.75 Å². The van der Waals surface area contributed by atoms with Crippen LogP contribution in [0.15, 0.2) is 23.3 Å². The Hall–Kier alpha value is -2.97. The number of carbonyl (C=O) groups is 2. The van der Waals surface area contributed by atoms with Gasteiger partial charge in [0.2, 0.25) is 5.91 Å². The Morgan fingerprint density at radius 2 is 2.20 bits per heavy atom. The highest BCUT2D eigenvalue weighted by Crippen LogP contribution is 2.28. The van der Waals surface area contributed by atoms with Crippen LogP contribution in [-0.4, -0.2) is 27.6 Å². The Bertz CT molecular complexity index is 625. The van der Waals surface area contributed by atoms with Crippen molar-refractivity contribution in [1.82, 2.24) is 5.43 Å². The molecule has 0 unspecified atom stereocenters. The summed E-state index contributed by atoms with van der Waals surface area (Å²) in [6.45, 7) is 0. The number of hydrogen-bond acceptors (Lipinski definition) is 6. The largest absolute Gasteiger partial charge is 0.508 e. The molecule has 1 aromatic rings. The molecule has 1 aromatic carbocycles. The van der Waals surface area contributed by atoms with E-state index in [2.05, 4.69) is 15.8 Å². The first-order chi connectivity index (χ1) is 9.47. The number of aromatic hydroxyl groups is 1. The number of phenolic OH excluding ortho intramolecular Hbond substituents is 1. The van der Waals surface area contributed by atoms with Gasteiger partial charge >= 0.3 is 0 Å². The molecule has 2 rings (SSSR count). The van der Waals surface area contributed by atoms with Crippen molar-refractivity contribution in [3.05, 3.63) is 28.3 Å². The summed E-state index contributed by atoms with van der Waals surface area (Å²) in [5.41, 5.74) is 1.75. The van der Waals surface area contributed by atoms with Gasteiger partial charge in [0, 0.05) is 12.8 Å². The normalized spacial score (nSPS) is 14.2. The van der Waals surface area contributed by atoms with Crippen LogP contribution >= 0.6 is 0 Å². The van der Waals surface area contributed by atoms with Crippen molar-refractivity contribution in [1.29, 1.82) is 0 Å². The number of anilines is 1. The van der Waals surface area contributed by atoms with Crippen molar-refractivity contribution in [2.75, 3.05) is 5.32 Å². The molecule has 1 heterocycles. The quantitative estimate of drug-likeness (QED) is 0.420. The minimum Gasteiger partial charge on any atom is -0.508 e. The van der Waals surface area contributed by atoms with Gasteiger partial charge in [-0.3, -0.25) is 19.7 Å². The molecule has 0 radical (unpaired) electrons. The molecule has 0 atom stereocenters. The zero-order valence-electron chi connectivity index (χ0n) is 10.1. The van der Waals surface area contributed by atoms with Gasteiger partial charge in [0.25, 0.3) is 11.6 Å². The van der Waals surface area contributed by atoms with Crippen LogP contribution in [0.5, 0.6) is 5.75 Å². The van der Waals surface area contributed by atoms with Crippen LogP contribution in [0.2, 0.25) is 0 Å². The van der Waals surface area contributed by atoms with Gasteiger partial charge in [0.1, 0.15) is 17.1 Å². The maximum absolute atomic E-state index is 11.9. The number of nitro groups is 1. The highest BCUT2D eigenvalue weighted by Gasteiger charge is 2.22. The average molecular weight is 278 g/mol. The lowest BCUT2D eigenvalue weighted by Crippen LogP contribution is -2.32. The third-order valence-electron chi connectivity index (χ3n) is 2.59. The van der Waals surface area contributed by atoms with Crippen LogP contribution in [0.25, 0.3) is 0 Å².